The molecule has 58 valence electrons. The number of hydrogen-bond acceptors (Lipinski definition) is 0. The van der Waals surface area contributed by atoms with Crippen molar-refractivity contribution >= 4 is 112 Å². The molecule has 14 radical (unpaired) electrons. The van der Waals surface area contributed by atoms with Crippen LogP contribution >= 0.6 is 19.8 Å². The van der Waals surface area contributed by atoms with Gasteiger partial charge < -0.3 is 16.4 Å². The van der Waals surface area contributed by atoms with Gasteiger partial charge in [-0.05, 0) is 0 Å². The Bertz CT molecular complexity index is 25.3. The molecule has 11 heteroatoms. The number of rotatable bonds is 0. The van der Waals surface area contributed by atoms with Crippen LogP contribution in [-0.4, -0.2) is 92.6 Å². The summed E-state index contributed by atoms with van der Waals surface area (Å²) in [7, 11) is 0. The molecule has 0 fully saturated rings. The fourth-order valence-corrected chi connectivity index (χ4v) is 0. The maximum atomic E-state index is 0. The second-order valence-electron chi connectivity index (χ2n) is 0. The first kappa shape index (κ1) is 227. The van der Waals surface area contributed by atoms with Gasteiger partial charge in [0.25, 0.3) is 0 Å². The van der Waals surface area contributed by atoms with Gasteiger partial charge in [0.1, 0.15) is 0 Å². The van der Waals surface area contributed by atoms with Crippen LogP contribution in [0.3, 0.4) is 0 Å². The van der Waals surface area contributed by atoms with Crippen molar-refractivity contribution in [1.29, 1.82) is 0 Å². The van der Waals surface area contributed by atoms with Crippen molar-refractivity contribution in [2.45, 2.75) is 0 Å². The van der Waals surface area contributed by atoms with E-state index in [1.807, 2.05) is 0 Å². The van der Waals surface area contributed by atoms with Crippen molar-refractivity contribution in [3.8, 4) is 0 Å². The SMILES string of the molecule is [Al+3].[Al+3].[AsH3].[AsH3].[O-2].[O-2].[O-2].[P].[P].[Si].[Si]. The van der Waals surface area contributed by atoms with Crippen LogP contribution in [-0.2, 0) is 16.4 Å². The Labute approximate surface area is 127 Å². The molecule has 0 aromatic carbocycles. The Kier molecular flexibility index (Phi) is 3740. The summed E-state index contributed by atoms with van der Waals surface area (Å²) in [5.74, 6) is 0. The Morgan fingerprint density at radius 1 is 0.455 bits per heavy atom. The maximum Gasteiger partial charge on any atom is 0 e. The van der Waals surface area contributed by atoms with Crippen molar-refractivity contribution in [3.05, 3.63) is 0 Å². The van der Waals surface area contributed by atoms with Gasteiger partial charge in [0.2, 0.25) is 0 Å². The first-order valence-corrected chi connectivity index (χ1v) is 0. The Morgan fingerprint density at radius 2 is 0.455 bits per heavy atom. The van der Waals surface area contributed by atoms with E-state index in [9.17, 15) is 0 Å². The first-order chi connectivity index (χ1) is 0. The van der Waals surface area contributed by atoms with Gasteiger partial charge >= 0.3 is 70.6 Å². The molecule has 0 aliphatic carbocycles. The van der Waals surface area contributed by atoms with E-state index >= 15 is 0 Å². The molecule has 0 aromatic heterocycles. The normalized spacial score (nSPS) is 0. The van der Waals surface area contributed by atoms with E-state index < -0.39 is 0 Å². The summed E-state index contributed by atoms with van der Waals surface area (Å²) in [4.78, 5) is 0. The molecule has 2 unspecified atom stereocenters. The molecule has 2 atom stereocenters. The minimum Gasteiger partial charge on any atom is -2.00 e. The minimum atomic E-state index is 0. The quantitative estimate of drug-likeness (QED) is 0.330. The molecule has 0 amide bonds. The van der Waals surface area contributed by atoms with Crippen LogP contribution < -0.4 is 0 Å². The van der Waals surface area contributed by atoms with E-state index in [4.69, 9.17) is 0 Å². The third kappa shape index (κ3) is 153. The Hall–Kier alpha value is 3.36. The van der Waals surface area contributed by atoms with Crippen molar-refractivity contribution in [3.63, 3.8) is 0 Å². The average Bonchev–Trinajstić information content (AvgIpc) is 0. The van der Waals surface area contributed by atoms with Crippen LogP contribution in [0, 0.1) is 0 Å². The molecule has 0 aliphatic heterocycles. The van der Waals surface area contributed by atoms with E-state index in [0.29, 0.717) is 0 Å². The second-order valence-corrected chi connectivity index (χ2v) is 0. The summed E-state index contributed by atoms with van der Waals surface area (Å²) in [6.45, 7) is 0. The summed E-state index contributed by atoms with van der Waals surface area (Å²) in [6.07, 6.45) is 0. The van der Waals surface area contributed by atoms with Crippen molar-refractivity contribution in [2.24, 2.45) is 0 Å². The molecule has 0 heterocycles. The van der Waals surface area contributed by atoms with Gasteiger partial charge in [0.15, 0.2) is 0 Å². The maximum absolute atomic E-state index is 0. The molecule has 0 saturated heterocycles. The zero-order valence-corrected chi connectivity index (χ0v) is 17.7. The molecule has 0 aromatic rings. The van der Waals surface area contributed by atoms with Gasteiger partial charge in [0.05, 0.1) is 0 Å². The van der Waals surface area contributed by atoms with Gasteiger partial charge in [-0.3, -0.25) is 0 Å². The molecule has 0 rings (SSSR count). The molecule has 0 bridgehead atoms. The monoisotopic (exact) mass is 376 g/mol. The summed E-state index contributed by atoms with van der Waals surface area (Å²) in [5, 5.41) is 0. The van der Waals surface area contributed by atoms with Crippen molar-refractivity contribution < 1.29 is 16.4 Å². The summed E-state index contributed by atoms with van der Waals surface area (Å²) >= 11 is 0. The standard InChI is InChI=1S/2Al.2AsH3.3O.2P.2Si/h;;2*1H3;;;;;;;/q2*+3;;;3*-2;;;;. The van der Waals surface area contributed by atoms with Gasteiger partial charge in [-0.15, -0.1) is 0 Å². The van der Waals surface area contributed by atoms with Crippen LogP contribution in [0.15, 0.2) is 0 Å². The number of hydrogen-bond donors (Lipinski definition) is 0. The van der Waals surface area contributed by atoms with Crippen molar-refractivity contribution in [1.82, 2.24) is 0 Å². The predicted octanol–water partition coefficient (Wildman–Crippen LogP) is -2.53. The van der Waals surface area contributed by atoms with Gasteiger partial charge in [0, 0.05) is 41.7 Å². The third-order valence-electron chi connectivity index (χ3n) is 0. The van der Waals surface area contributed by atoms with E-state index in [-0.39, 0.29) is 129 Å². The first-order valence-electron chi connectivity index (χ1n) is 0. The zero-order valence-electron chi connectivity index (χ0n) is 5.69. The van der Waals surface area contributed by atoms with E-state index in [1.54, 1.807) is 0 Å². The zero-order chi connectivity index (χ0) is 0. The fraction of sp³-hybridized carbons (Fsp3) is 0. The van der Waals surface area contributed by atoms with Crippen LogP contribution in [0.2, 0.25) is 0 Å². The molecule has 0 aliphatic rings. The van der Waals surface area contributed by atoms with Gasteiger partial charge in [-0.1, -0.05) is 0 Å². The second kappa shape index (κ2) is 181. The summed E-state index contributed by atoms with van der Waals surface area (Å²) < 4.78 is 0. The van der Waals surface area contributed by atoms with E-state index in [2.05, 4.69) is 0 Å². The smallest absolute Gasteiger partial charge is 0 e. The Morgan fingerprint density at radius 3 is 0.455 bits per heavy atom. The fourth-order valence-electron chi connectivity index (χ4n) is 0. The topological polar surface area (TPSA) is 85.5 Å². The van der Waals surface area contributed by atoms with Crippen LogP contribution in [0.4, 0.5) is 0 Å². The van der Waals surface area contributed by atoms with Crippen LogP contribution in [0.25, 0.3) is 0 Å². The predicted molar refractivity (Wildman–Crippen MR) is 58.8 cm³/mol. The molecule has 0 saturated carbocycles. The van der Waals surface area contributed by atoms with Gasteiger partial charge in [-0.25, -0.2) is 0 Å². The molecule has 3 nitrogen and oxygen atoms in total. The van der Waals surface area contributed by atoms with Crippen molar-refractivity contribution in [2.75, 3.05) is 0 Å². The molecular formula is H6Al2As2O3P2Si2. The van der Waals surface area contributed by atoms with E-state index in [1.165, 1.54) is 0 Å². The molecule has 0 N–H and O–H groups in total. The summed E-state index contributed by atoms with van der Waals surface area (Å²) in [6, 6.07) is 0. The summed E-state index contributed by atoms with van der Waals surface area (Å²) in [5.41, 5.74) is 0. The van der Waals surface area contributed by atoms with Crippen LogP contribution in [0.5, 0.6) is 0 Å². The van der Waals surface area contributed by atoms with Crippen LogP contribution in [0.1, 0.15) is 0 Å². The molecule has 0 spiro atoms. The molecular weight excluding hydrogens is 370 g/mol. The minimum absolute atomic E-state index is 0. The molecule has 11 heavy (non-hydrogen) atoms. The van der Waals surface area contributed by atoms with E-state index in [0.717, 1.165) is 0 Å². The van der Waals surface area contributed by atoms with Gasteiger partial charge in [-0.2, -0.15) is 0 Å². The Balaban J connectivity index is 0. The average molecular weight is 376 g/mol. The third-order valence-corrected chi connectivity index (χ3v) is 0. The largest absolute Gasteiger partial charge is 2.00 e.